The molecule has 0 aliphatic carbocycles. The van der Waals surface area contributed by atoms with Gasteiger partial charge in [0.25, 0.3) is 5.91 Å². The highest BCUT2D eigenvalue weighted by Gasteiger charge is 2.07. The van der Waals surface area contributed by atoms with Crippen molar-refractivity contribution in [3.8, 4) is 0 Å². The van der Waals surface area contributed by atoms with Crippen molar-refractivity contribution >= 4 is 27.8 Å². The molecule has 1 aromatic heterocycles. The molecular weight excluding hydrogens is 386 g/mol. The molecule has 0 bridgehead atoms. The molecular formula is C17H22BrN5O2. The summed E-state index contributed by atoms with van der Waals surface area (Å²) in [6.07, 6.45) is 0. The first-order valence-electron chi connectivity index (χ1n) is 7.90. The van der Waals surface area contributed by atoms with E-state index in [0.717, 1.165) is 15.9 Å². The van der Waals surface area contributed by atoms with Crippen LogP contribution < -0.4 is 16.0 Å². The van der Waals surface area contributed by atoms with Crippen LogP contribution in [0.3, 0.4) is 0 Å². The van der Waals surface area contributed by atoms with E-state index in [1.165, 1.54) is 0 Å². The van der Waals surface area contributed by atoms with Gasteiger partial charge in [-0.15, -0.1) is 0 Å². The first kappa shape index (κ1) is 19.0. The quantitative estimate of drug-likeness (QED) is 0.387. The minimum absolute atomic E-state index is 0.108. The number of aromatic nitrogens is 1. The van der Waals surface area contributed by atoms with Gasteiger partial charge >= 0.3 is 0 Å². The van der Waals surface area contributed by atoms with Crippen LogP contribution >= 0.6 is 15.9 Å². The molecule has 25 heavy (non-hydrogen) atoms. The minimum Gasteiger partial charge on any atom is -0.444 e. The lowest BCUT2D eigenvalue weighted by atomic mass is 10.2. The minimum atomic E-state index is -0.108. The number of carbonyl (C=O) groups excluding carboxylic acids is 1. The number of benzene rings is 1. The lowest BCUT2D eigenvalue weighted by Gasteiger charge is -2.11. The second-order valence-corrected chi connectivity index (χ2v) is 6.28. The predicted molar refractivity (Wildman–Crippen MR) is 101 cm³/mol. The van der Waals surface area contributed by atoms with Gasteiger partial charge in [0.05, 0.1) is 12.2 Å². The number of carbonyl (C=O) groups is 1. The highest BCUT2D eigenvalue weighted by Crippen LogP contribution is 2.10. The standard InChI is InChI=1S/C17H22BrN5O2/c1-11-12(2)25-15(23-11)10-22-17(19-3)21-9-8-20-16(24)13-4-6-14(18)7-5-13/h4-7H,8-10H2,1-3H3,(H,20,24)(H2,19,21,22). The third-order valence-electron chi connectivity index (χ3n) is 3.51. The Kier molecular flexibility index (Phi) is 7.00. The van der Waals surface area contributed by atoms with E-state index in [1.807, 2.05) is 26.0 Å². The van der Waals surface area contributed by atoms with Gasteiger partial charge in [0, 0.05) is 30.2 Å². The van der Waals surface area contributed by atoms with Crippen molar-refractivity contribution in [2.24, 2.45) is 4.99 Å². The summed E-state index contributed by atoms with van der Waals surface area (Å²) in [5.41, 5.74) is 1.51. The van der Waals surface area contributed by atoms with E-state index < -0.39 is 0 Å². The number of aryl methyl sites for hydroxylation is 2. The third kappa shape index (κ3) is 5.90. The molecule has 0 aliphatic heterocycles. The largest absolute Gasteiger partial charge is 0.444 e. The summed E-state index contributed by atoms with van der Waals surface area (Å²) in [7, 11) is 1.68. The Hall–Kier alpha value is -2.35. The Bertz CT molecular complexity index is 720. The topological polar surface area (TPSA) is 91.5 Å². The van der Waals surface area contributed by atoms with Gasteiger partial charge in [-0.1, -0.05) is 15.9 Å². The summed E-state index contributed by atoms with van der Waals surface area (Å²) in [5.74, 6) is 1.94. The number of halogens is 1. The van der Waals surface area contributed by atoms with Gasteiger partial charge < -0.3 is 20.4 Å². The number of nitrogens with zero attached hydrogens (tertiary/aromatic N) is 2. The molecule has 1 amide bonds. The first-order chi connectivity index (χ1) is 12.0. The van der Waals surface area contributed by atoms with Crippen LogP contribution in [0.2, 0.25) is 0 Å². The summed E-state index contributed by atoms with van der Waals surface area (Å²) in [6.45, 7) is 5.26. The van der Waals surface area contributed by atoms with Crippen molar-refractivity contribution in [1.82, 2.24) is 20.9 Å². The number of amides is 1. The number of hydrogen-bond donors (Lipinski definition) is 3. The SMILES string of the molecule is CN=C(NCCNC(=O)c1ccc(Br)cc1)NCc1nc(C)c(C)o1. The van der Waals surface area contributed by atoms with Gasteiger partial charge in [-0.25, -0.2) is 4.98 Å². The zero-order valence-electron chi connectivity index (χ0n) is 14.5. The van der Waals surface area contributed by atoms with E-state index in [1.54, 1.807) is 19.2 Å². The Labute approximate surface area is 155 Å². The molecule has 0 atom stereocenters. The molecule has 0 spiro atoms. The van der Waals surface area contributed by atoms with Crippen LogP contribution in [0, 0.1) is 13.8 Å². The highest BCUT2D eigenvalue weighted by atomic mass is 79.9. The maximum Gasteiger partial charge on any atom is 0.251 e. The number of aliphatic imine (C=N–C) groups is 1. The normalized spacial score (nSPS) is 11.3. The molecule has 0 fully saturated rings. The zero-order chi connectivity index (χ0) is 18.2. The fraction of sp³-hybridized carbons (Fsp3) is 0.353. The molecule has 0 unspecified atom stereocenters. The number of nitrogens with one attached hydrogen (secondary N) is 3. The van der Waals surface area contributed by atoms with Gasteiger partial charge in [-0.05, 0) is 38.1 Å². The van der Waals surface area contributed by atoms with Crippen molar-refractivity contribution in [3.63, 3.8) is 0 Å². The Morgan fingerprint density at radius 1 is 1.16 bits per heavy atom. The molecule has 0 aliphatic rings. The van der Waals surface area contributed by atoms with Crippen molar-refractivity contribution in [3.05, 3.63) is 51.6 Å². The second kappa shape index (κ2) is 9.22. The summed E-state index contributed by atoms with van der Waals surface area (Å²) in [6, 6.07) is 7.22. The maximum absolute atomic E-state index is 12.0. The van der Waals surface area contributed by atoms with Crippen LogP contribution in [0.4, 0.5) is 0 Å². The van der Waals surface area contributed by atoms with Crippen LogP contribution in [-0.2, 0) is 6.54 Å². The zero-order valence-corrected chi connectivity index (χ0v) is 16.1. The van der Waals surface area contributed by atoms with Gasteiger partial charge in [0.2, 0.25) is 5.89 Å². The average molecular weight is 408 g/mol. The Morgan fingerprint density at radius 3 is 2.44 bits per heavy atom. The predicted octanol–water partition coefficient (Wildman–Crippen LogP) is 2.15. The van der Waals surface area contributed by atoms with Crippen LogP contribution in [0.15, 0.2) is 38.1 Å². The van der Waals surface area contributed by atoms with Gasteiger partial charge in [-0.3, -0.25) is 9.79 Å². The number of rotatable bonds is 6. The molecule has 0 saturated carbocycles. The van der Waals surface area contributed by atoms with Crippen molar-refractivity contribution in [1.29, 1.82) is 0 Å². The molecule has 8 heteroatoms. The number of oxazole rings is 1. The molecule has 1 heterocycles. The molecule has 2 rings (SSSR count). The van der Waals surface area contributed by atoms with Gasteiger partial charge in [-0.2, -0.15) is 0 Å². The van der Waals surface area contributed by atoms with E-state index in [4.69, 9.17) is 4.42 Å². The van der Waals surface area contributed by atoms with E-state index in [9.17, 15) is 4.79 Å². The fourth-order valence-electron chi connectivity index (χ4n) is 2.05. The summed E-state index contributed by atoms with van der Waals surface area (Å²) >= 11 is 3.35. The fourth-order valence-corrected chi connectivity index (χ4v) is 2.32. The van der Waals surface area contributed by atoms with Crippen LogP contribution in [-0.4, -0.2) is 37.0 Å². The van der Waals surface area contributed by atoms with Gasteiger partial charge in [0.15, 0.2) is 5.96 Å². The number of guanidine groups is 1. The van der Waals surface area contributed by atoms with Crippen molar-refractivity contribution < 1.29 is 9.21 Å². The van der Waals surface area contributed by atoms with Crippen LogP contribution in [0.1, 0.15) is 27.7 Å². The van der Waals surface area contributed by atoms with E-state index in [2.05, 4.69) is 41.9 Å². The van der Waals surface area contributed by atoms with Crippen LogP contribution in [0.5, 0.6) is 0 Å². The molecule has 2 aromatic rings. The maximum atomic E-state index is 12.0. The van der Waals surface area contributed by atoms with Crippen molar-refractivity contribution in [2.75, 3.05) is 20.1 Å². The summed E-state index contributed by atoms with van der Waals surface area (Å²) in [5, 5.41) is 9.09. The molecule has 7 nitrogen and oxygen atoms in total. The van der Waals surface area contributed by atoms with E-state index in [0.29, 0.717) is 37.0 Å². The molecule has 0 saturated heterocycles. The van der Waals surface area contributed by atoms with E-state index >= 15 is 0 Å². The molecule has 0 radical (unpaired) electrons. The van der Waals surface area contributed by atoms with Gasteiger partial charge in [0.1, 0.15) is 5.76 Å². The summed E-state index contributed by atoms with van der Waals surface area (Å²) < 4.78 is 6.45. The van der Waals surface area contributed by atoms with Crippen LogP contribution in [0.25, 0.3) is 0 Å². The molecule has 134 valence electrons. The lowest BCUT2D eigenvalue weighted by molar-refractivity contribution is 0.0954. The first-order valence-corrected chi connectivity index (χ1v) is 8.70. The smallest absolute Gasteiger partial charge is 0.251 e. The number of hydrogen-bond acceptors (Lipinski definition) is 4. The monoisotopic (exact) mass is 407 g/mol. The summed E-state index contributed by atoms with van der Waals surface area (Å²) in [4.78, 5) is 20.4. The Morgan fingerprint density at radius 2 is 1.84 bits per heavy atom. The Balaban J connectivity index is 1.70. The lowest BCUT2D eigenvalue weighted by Crippen LogP contribution is -2.41. The second-order valence-electron chi connectivity index (χ2n) is 5.36. The highest BCUT2D eigenvalue weighted by molar-refractivity contribution is 9.10. The third-order valence-corrected chi connectivity index (χ3v) is 4.04. The van der Waals surface area contributed by atoms with Crippen molar-refractivity contribution in [2.45, 2.75) is 20.4 Å². The van der Waals surface area contributed by atoms with E-state index in [-0.39, 0.29) is 5.91 Å². The molecule has 1 aromatic carbocycles. The molecule has 3 N–H and O–H groups in total. The average Bonchev–Trinajstić information content (AvgIpc) is 2.92.